The van der Waals surface area contributed by atoms with Crippen molar-refractivity contribution < 1.29 is 0 Å². The first kappa shape index (κ1) is 14.0. The molecule has 0 radical (unpaired) electrons. The van der Waals surface area contributed by atoms with Gasteiger partial charge in [-0.1, -0.05) is 31.5 Å². The van der Waals surface area contributed by atoms with Gasteiger partial charge < -0.3 is 10.2 Å². The van der Waals surface area contributed by atoms with E-state index in [1.807, 2.05) is 0 Å². The lowest BCUT2D eigenvalue weighted by Gasteiger charge is -2.22. The van der Waals surface area contributed by atoms with Crippen molar-refractivity contribution >= 4 is 5.69 Å². The van der Waals surface area contributed by atoms with Gasteiger partial charge in [0.1, 0.15) is 0 Å². The lowest BCUT2D eigenvalue weighted by molar-refractivity contribution is 0.512. The second-order valence-electron chi connectivity index (χ2n) is 4.85. The Bertz CT molecular complexity index is 322. The minimum Gasteiger partial charge on any atom is -0.373 e. The summed E-state index contributed by atoms with van der Waals surface area (Å²) in [6, 6.07) is 9.18. The van der Waals surface area contributed by atoms with Gasteiger partial charge in [-0.15, -0.1) is 0 Å². The van der Waals surface area contributed by atoms with Gasteiger partial charge in [0.25, 0.3) is 0 Å². The topological polar surface area (TPSA) is 15.3 Å². The van der Waals surface area contributed by atoms with Crippen LogP contribution in [-0.2, 0) is 0 Å². The number of likely N-dealkylation sites (N-methyl/N-ethyl adjacent to an activating group) is 1. The second kappa shape index (κ2) is 7.33. The van der Waals surface area contributed by atoms with Crippen LogP contribution >= 0.6 is 0 Å². The van der Waals surface area contributed by atoms with E-state index in [1.165, 1.54) is 24.1 Å². The van der Waals surface area contributed by atoms with Gasteiger partial charge in [-0.25, -0.2) is 0 Å². The molecule has 0 heterocycles. The van der Waals surface area contributed by atoms with Crippen molar-refractivity contribution in [3.05, 3.63) is 29.8 Å². The zero-order chi connectivity index (χ0) is 12.7. The fourth-order valence-corrected chi connectivity index (χ4v) is 2.13. The van der Waals surface area contributed by atoms with E-state index in [9.17, 15) is 0 Å². The van der Waals surface area contributed by atoms with Crippen LogP contribution in [0.25, 0.3) is 0 Å². The van der Waals surface area contributed by atoms with E-state index in [0.29, 0.717) is 6.04 Å². The van der Waals surface area contributed by atoms with Crippen LogP contribution in [0.2, 0.25) is 0 Å². The molecule has 1 atom stereocenters. The Labute approximate surface area is 106 Å². The van der Waals surface area contributed by atoms with Crippen molar-refractivity contribution in [1.29, 1.82) is 0 Å². The minimum atomic E-state index is 0.630. The van der Waals surface area contributed by atoms with Gasteiger partial charge in [0.15, 0.2) is 0 Å². The largest absolute Gasteiger partial charge is 0.373 e. The lowest BCUT2D eigenvalue weighted by atomic mass is 10.2. The van der Waals surface area contributed by atoms with E-state index in [-0.39, 0.29) is 0 Å². The molecule has 96 valence electrons. The zero-order valence-corrected chi connectivity index (χ0v) is 11.7. The Balaban J connectivity index is 2.35. The van der Waals surface area contributed by atoms with Gasteiger partial charge in [-0.05, 0) is 31.9 Å². The van der Waals surface area contributed by atoms with Crippen LogP contribution < -0.4 is 10.2 Å². The van der Waals surface area contributed by atoms with Gasteiger partial charge in [-0.2, -0.15) is 0 Å². The highest BCUT2D eigenvalue weighted by Crippen LogP contribution is 2.16. The zero-order valence-electron chi connectivity index (χ0n) is 11.7. The SMILES string of the molecule is CCCC(C)NCCN(C)c1ccccc1C. The molecule has 0 amide bonds. The van der Waals surface area contributed by atoms with Crippen LogP contribution in [-0.4, -0.2) is 26.2 Å². The molecular weight excluding hydrogens is 208 g/mol. The van der Waals surface area contributed by atoms with E-state index in [1.54, 1.807) is 0 Å². The fraction of sp³-hybridized carbons (Fsp3) is 0.600. The summed E-state index contributed by atoms with van der Waals surface area (Å²) in [6.07, 6.45) is 2.51. The van der Waals surface area contributed by atoms with E-state index in [2.05, 4.69) is 62.3 Å². The Morgan fingerprint density at radius 2 is 2.00 bits per heavy atom. The van der Waals surface area contributed by atoms with Crippen LogP contribution in [0, 0.1) is 6.92 Å². The first-order valence-corrected chi connectivity index (χ1v) is 6.65. The molecule has 0 saturated heterocycles. The third-order valence-electron chi connectivity index (χ3n) is 3.19. The molecule has 2 heteroatoms. The monoisotopic (exact) mass is 234 g/mol. The predicted molar refractivity (Wildman–Crippen MR) is 76.8 cm³/mol. The van der Waals surface area contributed by atoms with Gasteiger partial charge >= 0.3 is 0 Å². The van der Waals surface area contributed by atoms with Crippen molar-refractivity contribution in [2.45, 2.75) is 39.7 Å². The summed E-state index contributed by atoms with van der Waals surface area (Å²) < 4.78 is 0. The second-order valence-corrected chi connectivity index (χ2v) is 4.85. The Kier molecular flexibility index (Phi) is 6.06. The summed E-state index contributed by atoms with van der Waals surface area (Å²) in [5, 5.41) is 3.56. The number of rotatable bonds is 7. The highest BCUT2D eigenvalue weighted by molar-refractivity contribution is 5.52. The van der Waals surface area contributed by atoms with Crippen LogP contribution in [0.1, 0.15) is 32.3 Å². The maximum atomic E-state index is 3.56. The molecule has 1 unspecified atom stereocenters. The quantitative estimate of drug-likeness (QED) is 0.779. The maximum absolute atomic E-state index is 3.56. The standard InChI is InChI=1S/C15H26N2/c1-5-8-14(3)16-11-12-17(4)15-10-7-6-9-13(15)2/h6-7,9-10,14,16H,5,8,11-12H2,1-4H3. The van der Waals surface area contributed by atoms with Gasteiger partial charge in [-0.3, -0.25) is 0 Å². The highest BCUT2D eigenvalue weighted by Gasteiger charge is 2.04. The third-order valence-corrected chi connectivity index (χ3v) is 3.19. The van der Waals surface area contributed by atoms with Crippen LogP contribution in [0.4, 0.5) is 5.69 Å². The van der Waals surface area contributed by atoms with E-state index < -0.39 is 0 Å². The summed E-state index contributed by atoms with van der Waals surface area (Å²) in [5.41, 5.74) is 2.68. The van der Waals surface area contributed by atoms with Crippen LogP contribution in [0.3, 0.4) is 0 Å². The Morgan fingerprint density at radius 3 is 2.65 bits per heavy atom. The normalized spacial score (nSPS) is 12.5. The van der Waals surface area contributed by atoms with Crippen molar-refractivity contribution in [2.75, 3.05) is 25.0 Å². The van der Waals surface area contributed by atoms with Gasteiger partial charge in [0.05, 0.1) is 0 Å². The summed E-state index contributed by atoms with van der Waals surface area (Å²) >= 11 is 0. The molecule has 1 rings (SSSR count). The number of nitrogens with one attached hydrogen (secondary N) is 1. The Morgan fingerprint density at radius 1 is 1.29 bits per heavy atom. The minimum absolute atomic E-state index is 0.630. The van der Waals surface area contributed by atoms with E-state index in [4.69, 9.17) is 0 Å². The van der Waals surface area contributed by atoms with Crippen LogP contribution in [0.5, 0.6) is 0 Å². The van der Waals surface area contributed by atoms with E-state index >= 15 is 0 Å². The van der Waals surface area contributed by atoms with Gasteiger partial charge in [0.2, 0.25) is 0 Å². The lowest BCUT2D eigenvalue weighted by Crippen LogP contribution is -2.34. The number of aryl methyl sites for hydroxylation is 1. The molecule has 0 fully saturated rings. The smallest absolute Gasteiger partial charge is 0.0393 e. The summed E-state index contributed by atoms with van der Waals surface area (Å²) in [7, 11) is 2.16. The molecule has 1 aromatic rings. The first-order chi connectivity index (χ1) is 8.15. The molecule has 17 heavy (non-hydrogen) atoms. The summed E-state index contributed by atoms with van der Waals surface area (Å²) in [6.45, 7) is 8.76. The maximum Gasteiger partial charge on any atom is 0.0393 e. The van der Waals surface area contributed by atoms with Gasteiger partial charge in [0, 0.05) is 31.9 Å². The number of benzene rings is 1. The molecule has 0 aromatic heterocycles. The number of para-hydroxylation sites is 1. The average Bonchev–Trinajstić information content (AvgIpc) is 2.29. The van der Waals surface area contributed by atoms with Crippen molar-refractivity contribution in [1.82, 2.24) is 5.32 Å². The average molecular weight is 234 g/mol. The summed E-state index contributed by atoms with van der Waals surface area (Å²) in [4.78, 5) is 2.32. The molecule has 1 aromatic carbocycles. The molecule has 0 aliphatic carbocycles. The molecule has 0 spiro atoms. The molecule has 0 aliphatic heterocycles. The molecule has 0 aliphatic rings. The highest BCUT2D eigenvalue weighted by atomic mass is 15.1. The molecule has 0 bridgehead atoms. The van der Waals surface area contributed by atoms with Crippen molar-refractivity contribution in [3.63, 3.8) is 0 Å². The number of nitrogens with zero attached hydrogens (tertiary/aromatic N) is 1. The summed E-state index contributed by atoms with van der Waals surface area (Å²) in [5.74, 6) is 0. The number of hydrogen-bond donors (Lipinski definition) is 1. The number of anilines is 1. The first-order valence-electron chi connectivity index (χ1n) is 6.65. The third kappa shape index (κ3) is 4.78. The molecule has 0 saturated carbocycles. The molecule has 1 N–H and O–H groups in total. The van der Waals surface area contributed by atoms with Crippen molar-refractivity contribution in [2.24, 2.45) is 0 Å². The van der Waals surface area contributed by atoms with Crippen LogP contribution in [0.15, 0.2) is 24.3 Å². The number of hydrogen-bond acceptors (Lipinski definition) is 2. The van der Waals surface area contributed by atoms with E-state index in [0.717, 1.165) is 13.1 Å². The Hall–Kier alpha value is -1.02. The fourth-order valence-electron chi connectivity index (χ4n) is 2.13. The van der Waals surface area contributed by atoms with Crippen molar-refractivity contribution in [3.8, 4) is 0 Å². The molecule has 2 nitrogen and oxygen atoms in total. The molecular formula is C15H26N2. The predicted octanol–water partition coefficient (Wildman–Crippen LogP) is 3.21.